The summed E-state index contributed by atoms with van der Waals surface area (Å²) in [4.78, 5) is 0. The van der Waals surface area contributed by atoms with Crippen molar-refractivity contribution in [2.24, 2.45) is 0 Å². The van der Waals surface area contributed by atoms with Gasteiger partial charge in [-0.25, -0.2) is 0 Å². The summed E-state index contributed by atoms with van der Waals surface area (Å²) < 4.78 is 0. The Morgan fingerprint density at radius 3 is 2.43 bits per heavy atom. The molecule has 0 aliphatic heterocycles. The van der Waals surface area contributed by atoms with Crippen molar-refractivity contribution in [1.82, 2.24) is 0 Å². The molecule has 0 heterocycles. The van der Waals surface area contributed by atoms with E-state index < -0.39 is 0 Å². The lowest BCUT2D eigenvalue weighted by molar-refractivity contribution is 0.457. The zero-order chi connectivity index (χ0) is 15.6. The van der Waals surface area contributed by atoms with Crippen LogP contribution in [0, 0.1) is 6.92 Å². The molecule has 21 heavy (non-hydrogen) atoms. The number of para-hydroxylation sites is 1. The molecule has 2 atom stereocenters. The van der Waals surface area contributed by atoms with Crippen LogP contribution in [0.4, 0.5) is 0 Å². The van der Waals surface area contributed by atoms with Gasteiger partial charge in [0.2, 0.25) is 0 Å². The van der Waals surface area contributed by atoms with Gasteiger partial charge in [-0.05, 0) is 30.3 Å². The van der Waals surface area contributed by atoms with Crippen molar-refractivity contribution in [2.75, 3.05) is 0 Å². The summed E-state index contributed by atoms with van der Waals surface area (Å²) in [6.45, 7) is 8.44. The lowest BCUT2D eigenvalue weighted by Crippen LogP contribution is -2.17. The van der Waals surface area contributed by atoms with Crippen molar-refractivity contribution < 1.29 is 5.11 Å². The van der Waals surface area contributed by atoms with Gasteiger partial charge >= 0.3 is 0 Å². The van der Waals surface area contributed by atoms with E-state index in [1.165, 1.54) is 10.9 Å². The molecule has 1 N–H and O–H groups in total. The quantitative estimate of drug-likeness (QED) is 0.605. The molecular weight excluding hydrogens is 295 g/mol. The maximum absolute atomic E-state index is 10.4. The monoisotopic (exact) mass is 318 g/mol. The molecule has 0 saturated carbocycles. The Balaban J connectivity index is 2.40. The highest BCUT2D eigenvalue weighted by molar-refractivity contribution is 7.80. The average molecular weight is 318 g/mol. The molecule has 1 nitrogen and oxygen atoms in total. The standard InChI is InChI=1S/C18H23OPS/c1-12-8-7-10-15(17(12)19)18(3,4)20-16-11-6-5-9-14(16)13(2)21/h5-11,13,19-21H,1-4H3. The van der Waals surface area contributed by atoms with Gasteiger partial charge in [-0.2, -0.15) is 12.6 Å². The molecule has 2 unspecified atom stereocenters. The van der Waals surface area contributed by atoms with E-state index >= 15 is 0 Å². The van der Waals surface area contributed by atoms with E-state index in [1.807, 2.05) is 25.1 Å². The van der Waals surface area contributed by atoms with E-state index in [0.717, 1.165) is 11.1 Å². The smallest absolute Gasteiger partial charge is 0.122 e. The number of phenolic OH excluding ortho intramolecular Hbond substituents is 1. The van der Waals surface area contributed by atoms with Gasteiger partial charge in [0.15, 0.2) is 0 Å². The van der Waals surface area contributed by atoms with E-state index in [2.05, 4.69) is 57.7 Å². The Bertz CT molecular complexity index is 635. The van der Waals surface area contributed by atoms with Crippen LogP contribution in [0.5, 0.6) is 5.75 Å². The molecule has 3 heteroatoms. The number of benzene rings is 2. The predicted molar refractivity (Wildman–Crippen MR) is 97.7 cm³/mol. The van der Waals surface area contributed by atoms with Crippen molar-refractivity contribution in [3.05, 3.63) is 59.2 Å². The second kappa shape index (κ2) is 6.42. The van der Waals surface area contributed by atoms with Gasteiger partial charge < -0.3 is 5.11 Å². The molecule has 2 aromatic carbocycles. The van der Waals surface area contributed by atoms with Crippen LogP contribution in [0.3, 0.4) is 0 Å². The summed E-state index contributed by atoms with van der Waals surface area (Å²) in [6.07, 6.45) is 0. The van der Waals surface area contributed by atoms with Crippen LogP contribution in [0.1, 0.15) is 42.7 Å². The van der Waals surface area contributed by atoms with Crippen molar-refractivity contribution in [2.45, 2.75) is 38.1 Å². The van der Waals surface area contributed by atoms with Crippen LogP contribution >= 0.6 is 21.2 Å². The van der Waals surface area contributed by atoms with Crippen LogP contribution in [0.25, 0.3) is 0 Å². The second-order valence-corrected chi connectivity index (χ2v) is 8.80. The maximum atomic E-state index is 10.4. The fourth-order valence-electron chi connectivity index (χ4n) is 2.54. The summed E-state index contributed by atoms with van der Waals surface area (Å²) in [6, 6.07) is 14.5. The van der Waals surface area contributed by atoms with Crippen LogP contribution < -0.4 is 5.30 Å². The third kappa shape index (κ3) is 3.62. The minimum atomic E-state index is -0.102. The SMILES string of the molecule is Cc1cccc(C(C)(C)Pc2ccccc2C(C)S)c1O. The summed E-state index contributed by atoms with van der Waals surface area (Å²) in [5.41, 5.74) is 3.23. The average Bonchev–Trinajstić information content (AvgIpc) is 2.41. The van der Waals surface area contributed by atoms with Crippen LogP contribution in [-0.2, 0) is 5.16 Å². The second-order valence-electron chi connectivity index (χ2n) is 5.98. The largest absolute Gasteiger partial charge is 0.507 e. The highest BCUT2D eigenvalue weighted by atomic mass is 32.1. The molecule has 0 spiro atoms. The number of aromatic hydroxyl groups is 1. The normalized spacial score (nSPS) is 13.8. The molecule has 2 rings (SSSR count). The Hall–Kier alpha value is -0.980. The molecule has 2 aromatic rings. The molecule has 0 saturated heterocycles. The Labute approximate surface area is 135 Å². The predicted octanol–water partition coefficient (Wildman–Crippen LogP) is 4.93. The molecule has 0 amide bonds. The molecule has 0 radical (unpaired) electrons. The maximum Gasteiger partial charge on any atom is 0.122 e. The summed E-state index contributed by atoms with van der Waals surface area (Å²) in [7, 11) is 0.584. The van der Waals surface area contributed by atoms with Gasteiger partial charge in [0.25, 0.3) is 0 Å². The number of phenols is 1. The fourth-order valence-corrected chi connectivity index (χ4v) is 4.52. The first-order valence-electron chi connectivity index (χ1n) is 7.17. The molecule has 0 aliphatic rings. The molecule has 0 fully saturated rings. The highest BCUT2D eigenvalue weighted by Gasteiger charge is 2.26. The minimum absolute atomic E-state index is 0.102. The number of hydrogen-bond acceptors (Lipinski definition) is 2. The first-order valence-corrected chi connectivity index (χ1v) is 8.69. The van der Waals surface area contributed by atoms with Crippen molar-refractivity contribution in [1.29, 1.82) is 0 Å². The third-order valence-corrected chi connectivity index (χ3v) is 5.67. The fraction of sp³-hybridized carbons (Fsp3) is 0.333. The van der Waals surface area contributed by atoms with E-state index in [1.54, 1.807) is 0 Å². The van der Waals surface area contributed by atoms with Gasteiger partial charge in [0.05, 0.1) is 0 Å². The number of thiol groups is 1. The van der Waals surface area contributed by atoms with E-state index in [0.29, 0.717) is 14.3 Å². The topological polar surface area (TPSA) is 20.2 Å². The van der Waals surface area contributed by atoms with Gasteiger partial charge in [0, 0.05) is 16.0 Å². The summed E-state index contributed by atoms with van der Waals surface area (Å²) in [5, 5.41) is 11.8. The Kier molecular flexibility index (Phi) is 5.01. The van der Waals surface area contributed by atoms with Crippen molar-refractivity contribution >= 4 is 26.5 Å². The van der Waals surface area contributed by atoms with Gasteiger partial charge in [-0.15, -0.1) is 0 Å². The van der Waals surface area contributed by atoms with E-state index in [-0.39, 0.29) is 10.4 Å². The zero-order valence-electron chi connectivity index (χ0n) is 13.0. The number of hydrogen-bond donors (Lipinski definition) is 2. The Morgan fingerprint density at radius 1 is 1.10 bits per heavy atom. The summed E-state index contributed by atoms with van der Waals surface area (Å²) >= 11 is 4.59. The molecular formula is C18H23OPS. The van der Waals surface area contributed by atoms with Crippen molar-refractivity contribution in [3.63, 3.8) is 0 Å². The summed E-state index contributed by atoms with van der Waals surface area (Å²) in [5.74, 6) is 0.423. The number of aryl methyl sites for hydroxylation is 1. The molecule has 0 aromatic heterocycles. The minimum Gasteiger partial charge on any atom is -0.507 e. The lowest BCUT2D eigenvalue weighted by atomic mass is 9.99. The van der Waals surface area contributed by atoms with E-state index in [4.69, 9.17) is 0 Å². The molecule has 0 aliphatic carbocycles. The van der Waals surface area contributed by atoms with Crippen LogP contribution in [0.15, 0.2) is 42.5 Å². The van der Waals surface area contributed by atoms with Crippen LogP contribution in [-0.4, -0.2) is 5.11 Å². The molecule has 112 valence electrons. The van der Waals surface area contributed by atoms with Crippen LogP contribution in [0.2, 0.25) is 0 Å². The van der Waals surface area contributed by atoms with Gasteiger partial charge in [0.1, 0.15) is 5.75 Å². The van der Waals surface area contributed by atoms with Gasteiger partial charge in [-0.1, -0.05) is 64.9 Å². The highest BCUT2D eigenvalue weighted by Crippen LogP contribution is 2.45. The third-order valence-electron chi connectivity index (χ3n) is 3.77. The zero-order valence-corrected chi connectivity index (χ0v) is 14.9. The molecule has 0 bridgehead atoms. The number of rotatable bonds is 4. The van der Waals surface area contributed by atoms with E-state index in [9.17, 15) is 5.11 Å². The van der Waals surface area contributed by atoms with Crippen molar-refractivity contribution in [3.8, 4) is 5.75 Å². The lowest BCUT2D eigenvalue weighted by Gasteiger charge is -2.28. The first-order chi connectivity index (χ1) is 9.83. The first kappa shape index (κ1) is 16.4. The van der Waals surface area contributed by atoms with Gasteiger partial charge in [-0.3, -0.25) is 0 Å². The Morgan fingerprint density at radius 2 is 1.76 bits per heavy atom.